The predicted octanol–water partition coefficient (Wildman–Crippen LogP) is 3.69. The fourth-order valence-electron chi connectivity index (χ4n) is 3.54. The van der Waals surface area contributed by atoms with E-state index in [2.05, 4.69) is 39.8 Å². The first kappa shape index (κ1) is 15.5. The lowest BCUT2D eigenvalue weighted by Gasteiger charge is -2.36. The summed E-state index contributed by atoms with van der Waals surface area (Å²) in [6, 6.07) is 4.82. The van der Waals surface area contributed by atoms with Crippen molar-refractivity contribution in [3.8, 4) is 0 Å². The van der Waals surface area contributed by atoms with Gasteiger partial charge in [0, 0.05) is 12.6 Å². The Kier molecular flexibility index (Phi) is 5.22. The second-order valence-electron chi connectivity index (χ2n) is 6.49. The molecule has 0 radical (unpaired) electrons. The highest BCUT2D eigenvalue weighted by Crippen LogP contribution is 2.34. The molecule has 0 heterocycles. The Morgan fingerprint density at radius 2 is 1.80 bits per heavy atom. The van der Waals surface area contributed by atoms with Crippen LogP contribution in [0.1, 0.15) is 48.4 Å². The molecule has 0 aromatic heterocycles. The van der Waals surface area contributed by atoms with Crippen molar-refractivity contribution in [2.75, 3.05) is 6.61 Å². The van der Waals surface area contributed by atoms with E-state index >= 15 is 0 Å². The number of hydrogen-bond donors (Lipinski definition) is 1. The van der Waals surface area contributed by atoms with Crippen molar-refractivity contribution in [1.29, 1.82) is 0 Å². The maximum absolute atomic E-state index is 6.37. The molecule has 1 aliphatic rings. The van der Waals surface area contributed by atoms with Crippen molar-refractivity contribution in [2.45, 2.75) is 65.5 Å². The van der Waals surface area contributed by atoms with E-state index in [0.717, 1.165) is 25.4 Å². The average Bonchev–Trinajstić information content (AvgIpc) is 2.31. The molecule has 1 aromatic carbocycles. The number of rotatable bonds is 6. The van der Waals surface area contributed by atoms with Gasteiger partial charge in [-0.25, -0.2) is 0 Å². The molecule has 1 unspecified atom stereocenters. The smallest absolute Gasteiger partial charge is 0.0580 e. The van der Waals surface area contributed by atoms with Crippen LogP contribution in [0.15, 0.2) is 12.1 Å². The number of ether oxygens (including phenoxy) is 1. The second kappa shape index (κ2) is 6.73. The van der Waals surface area contributed by atoms with Gasteiger partial charge in [0.05, 0.1) is 6.10 Å². The summed E-state index contributed by atoms with van der Waals surface area (Å²) < 4.78 is 5.62. The van der Waals surface area contributed by atoms with Crippen LogP contribution in [-0.4, -0.2) is 18.8 Å². The Bertz CT molecular complexity index is 426. The third-order valence-corrected chi connectivity index (χ3v) is 4.54. The minimum Gasteiger partial charge on any atom is -0.378 e. The topological polar surface area (TPSA) is 35.2 Å². The molecule has 1 fully saturated rings. The molecule has 2 heteroatoms. The molecule has 20 heavy (non-hydrogen) atoms. The fraction of sp³-hybridized carbons (Fsp3) is 0.667. The van der Waals surface area contributed by atoms with Crippen LogP contribution in [0.4, 0.5) is 0 Å². The van der Waals surface area contributed by atoms with Crippen LogP contribution in [-0.2, 0) is 11.2 Å². The Hall–Kier alpha value is -0.860. The van der Waals surface area contributed by atoms with Gasteiger partial charge in [0.15, 0.2) is 0 Å². The molecule has 0 saturated heterocycles. The predicted molar refractivity (Wildman–Crippen MR) is 85.1 cm³/mol. The van der Waals surface area contributed by atoms with Gasteiger partial charge in [0.1, 0.15) is 0 Å². The lowest BCUT2D eigenvalue weighted by Crippen LogP contribution is -2.36. The number of benzene rings is 1. The molecule has 1 atom stereocenters. The minimum absolute atomic E-state index is 0.280. The molecule has 2 N–H and O–H groups in total. The van der Waals surface area contributed by atoms with Gasteiger partial charge in [-0.1, -0.05) is 17.7 Å². The first-order valence-electron chi connectivity index (χ1n) is 7.93. The van der Waals surface area contributed by atoms with Gasteiger partial charge in [-0.3, -0.25) is 0 Å². The van der Waals surface area contributed by atoms with Gasteiger partial charge < -0.3 is 10.5 Å². The quantitative estimate of drug-likeness (QED) is 0.859. The second-order valence-corrected chi connectivity index (χ2v) is 6.49. The number of hydrogen-bond acceptors (Lipinski definition) is 2. The molecule has 0 amide bonds. The summed E-state index contributed by atoms with van der Waals surface area (Å²) in [5, 5.41) is 0. The van der Waals surface area contributed by atoms with Gasteiger partial charge in [0.2, 0.25) is 0 Å². The molecule has 2 nitrogen and oxygen atoms in total. The van der Waals surface area contributed by atoms with Gasteiger partial charge in [0.25, 0.3) is 0 Å². The van der Waals surface area contributed by atoms with E-state index in [9.17, 15) is 0 Å². The van der Waals surface area contributed by atoms with Crippen molar-refractivity contribution in [3.05, 3.63) is 34.4 Å². The fourth-order valence-corrected chi connectivity index (χ4v) is 3.54. The lowest BCUT2D eigenvalue weighted by atomic mass is 9.77. The van der Waals surface area contributed by atoms with Gasteiger partial charge >= 0.3 is 0 Å². The molecular formula is C18H29NO. The average molecular weight is 275 g/mol. The van der Waals surface area contributed by atoms with Gasteiger partial charge in [-0.15, -0.1) is 0 Å². The Labute approximate surface area is 123 Å². The molecule has 0 aliphatic heterocycles. The highest BCUT2D eigenvalue weighted by atomic mass is 16.5. The van der Waals surface area contributed by atoms with Crippen LogP contribution in [0.5, 0.6) is 0 Å². The first-order valence-corrected chi connectivity index (χ1v) is 7.93. The minimum atomic E-state index is 0.280. The molecule has 0 spiro atoms. The molecular weight excluding hydrogens is 246 g/mol. The monoisotopic (exact) mass is 275 g/mol. The van der Waals surface area contributed by atoms with Crippen molar-refractivity contribution in [2.24, 2.45) is 11.7 Å². The van der Waals surface area contributed by atoms with Crippen molar-refractivity contribution >= 4 is 0 Å². The largest absolute Gasteiger partial charge is 0.378 e. The van der Waals surface area contributed by atoms with E-state index in [4.69, 9.17) is 10.5 Å². The summed E-state index contributed by atoms with van der Waals surface area (Å²) in [7, 11) is 0. The van der Waals surface area contributed by atoms with Crippen molar-refractivity contribution in [3.63, 3.8) is 0 Å². The molecule has 0 bridgehead atoms. The van der Waals surface area contributed by atoms with E-state index in [1.807, 2.05) is 0 Å². The third-order valence-electron chi connectivity index (χ3n) is 4.54. The van der Waals surface area contributed by atoms with E-state index in [1.165, 1.54) is 35.1 Å². The zero-order chi connectivity index (χ0) is 14.7. The van der Waals surface area contributed by atoms with Crippen LogP contribution >= 0.6 is 0 Å². The summed E-state index contributed by atoms with van der Waals surface area (Å²) in [5.74, 6) is 0.771. The number of aryl methyl sites for hydroxylation is 3. The van der Waals surface area contributed by atoms with Crippen LogP contribution in [0.2, 0.25) is 0 Å². The third kappa shape index (κ3) is 3.83. The van der Waals surface area contributed by atoms with Crippen LogP contribution in [0.25, 0.3) is 0 Å². The summed E-state index contributed by atoms with van der Waals surface area (Å²) in [6.07, 6.45) is 5.05. The van der Waals surface area contributed by atoms with E-state index in [-0.39, 0.29) is 6.04 Å². The first-order chi connectivity index (χ1) is 9.49. The van der Waals surface area contributed by atoms with Gasteiger partial charge in [-0.05, 0) is 76.0 Å². The summed E-state index contributed by atoms with van der Waals surface area (Å²) in [6.45, 7) is 9.48. The van der Waals surface area contributed by atoms with E-state index < -0.39 is 0 Å². The van der Waals surface area contributed by atoms with Crippen LogP contribution in [0.3, 0.4) is 0 Å². The Balaban J connectivity index is 1.85. The summed E-state index contributed by atoms with van der Waals surface area (Å²) in [5.41, 5.74) is 11.9. The normalized spacial score (nSPS) is 23.4. The highest BCUT2D eigenvalue weighted by Gasteiger charge is 2.30. The molecule has 112 valence electrons. The van der Waals surface area contributed by atoms with E-state index in [1.54, 1.807) is 0 Å². The Morgan fingerprint density at radius 3 is 2.35 bits per heavy atom. The Morgan fingerprint density at radius 1 is 1.20 bits per heavy atom. The van der Waals surface area contributed by atoms with Crippen LogP contribution < -0.4 is 5.73 Å². The maximum atomic E-state index is 6.37. The van der Waals surface area contributed by atoms with Gasteiger partial charge in [-0.2, -0.15) is 0 Å². The van der Waals surface area contributed by atoms with Crippen LogP contribution in [0, 0.1) is 26.7 Å². The molecule has 1 saturated carbocycles. The zero-order valence-corrected chi connectivity index (χ0v) is 13.4. The molecule has 1 aromatic rings. The van der Waals surface area contributed by atoms with Crippen molar-refractivity contribution < 1.29 is 4.74 Å². The summed E-state index contributed by atoms with van der Waals surface area (Å²) in [4.78, 5) is 0. The van der Waals surface area contributed by atoms with Crippen molar-refractivity contribution in [1.82, 2.24) is 0 Å². The summed E-state index contributed by atoms with van der Waals surface area (Å²) >= 11 is 0. The molecule has 2 rings (SSSR count). The molecule has 1 aliphatic carbocycles. The lowest BCUT2D eigenvalue weighted by molar-refractivity contribution is -0.0281. The SMILES string of the molecule is CCOC1CC(CC(N)Cc2c(C)cc(C)cc2C)C1. The van der Waals surface area contributed by atoms with E-state index in [0.29, 0.717) is 6.10 Å². The standard InChI is InChI=1S/C18H29NO/c1-5-20-17-9-15(10-17)8-16(19)11-18-13(3)6-12(2)7-14(18)4/h6-7,15-17H,5,8-11,19H2,1-4H3. The zero-order valence-electron chi connectivity index (χ0n) is 13.4. The number of nitrogens with two attached hydrogens (primary N) is 1. The maximum Gasteiger partial charge on any atom is 0.0580 e. The highest BCUT2D eigenvalue weighted by molar-refractivity contribution is 5.38.